The van der Waals surface area contributed by atoms with E-state index in [-0.39, 0.29) is 12.5 Å². The Labute approximate surface area is 111 Å². The molecule has 0 fully saturated rings. The maximum atomic E-state index is 10.9. The smallest absolute Gasteiger partial charge is 0.307 e. The maximum Gasteiger partial charge on any atom is 0.307 e. The van der Waals surface area contributed by atoms with Crippen LogP contribution in [-0.2, 0) is 4.79 Å². The maximum absolute atomic E-state index is 10.9. The zero-order chi connectivity index (χ0) is 13.0. The number of rotatable bonds is 5. The number of halogens is 2. The molecule has 0 radical (unpaired) electrons. The van der Waals surface area contributed by atoms with Crippen LogP contribution in [0.25, 0.3) is 0 Å². The molecule has 2 unspecified atom stereocenters. The Balaban J connectivity index is 2.81. The quantitative estimate of drug-likeness (QED) is 0.868. The molecule has 1 rings (SSSR count). The number of benzene rings is 1. The van der Waals surface area contributed by atoms with Crippen LogP contribution < -0.4 is 5.73 Å². The van der Waals surface area contributed by atoms with Gasteiger partial charge in [0.1, 0.15) is 0 Å². The van der Waals surface area contributed by atoms with Crippen LogP contribution in [0.4, 0.5) is 0 Å². The van der Waals surface area contributed by atoms with E-state index in [9.17, 15) is 4.79 Å². The van der Waals surface area contributed by atoms with E-state index in [1.807, 2.05) is 6.92 Å². The van der Waals surface area contributed by atoms with E-state index >= 15 is 0 Å². The molecule has 3 nitrogen and oxygen atoms in total. The van der Waals surface area contributed by atoms with Gasteiger partial charge in [0.05, 0.1) is 5.92 Å². The first-order valence-corrected chi connectivity index (χ1v) is 6.08. The topological polar surface area (TPSA) is 63.3 Å². The SMILES string of the molecule is CC(CC(CN)C(=O)O)c1cc(Cl)cc(Cl)c1. The van der Waals surface area contributed by atoms with Gasteiger partial charge in [-0.1, -0.05) is 30.1 Å². The van der Waals surface area contributed by atoms with Gasteiger partial charge in [-0.05, 0) is 36.1 Å². The molecular weight excluding hydrogens is 261 g/mol. The Bertz CT molecular complexity index is 389. The molecule has 0 aliphatic heterocycles. The van der Waals surface area contributed by atoms with Crippen molar-refractivity contribution in [2.24, 2.45) is 11.7 Å². The molecule has 1 aromatic carbocycles. The van der Waals surface area contributed by atoms with Crippen molar-refractivity contribution >= 4 is 29.2 Å². The Morgan fingerprint density at radius 3 is 2.29 bits per heavy atom. The van der Waals surface area contributed by atoms with Crippen molar-refractivity contribution in [3.05, 3.63) is 33.8 Å². The number of hydrogen-bond donors (Lipinski definition) is 2. The number of hydrogen-bond acceptors (Lipinski definition) is 2. The summed E-state index contributed by atoms with van der Waals surface area (Å²) >= 11 is 11.8. The van der Waals surface area contributed by atoms with Crippen LogP contribution in [-0.4, -0.2) is 17.6 Å². The minimum absolute atomic E-state index is 0.0517. The number of carboxylic acids is 1. The van der Waals surface area contributed by atoms with Gasteiger partial charge in [-0.25, -0.2) is 0 Å². The summed E-state index contributed by atoms with van der Waals surface area (Å²) in [6.45, 7) is 2.07. The molecule has 0 saturated heterocycles. The van der Waals surface area contributed by atoms with Gasteiger partial charge in [0, 0.05) is 16.6 Å². The van der Waals surface area contributed by atoms with Gasteiger partial charge < -0.3 is 10.8 Å². The monoisotopic (exact) mass is 275 g/mol. The summed E-state index contributed by atoms with van der Waals surface area (Å²) in [4.78, 5) is 10.9. The third-order valence-corrected chi connectivity index (χ3v) is 3.16. The number of nitrogens with two attached hydrogens (primary N) is 1. The van der Waals surface area contributed by atoms with Crippen molar-refractivity contribution in [2.75, 3.05) is 6.54 Å². The third-order valence-electron chi connectivity index (χ3n) is 2.73. The lowest BCUT2D eigenvalue weighted by atomic mass is 9.90. The molecule has 0 amide bonds. The highest BCUT2D eigenvalue weighted by molar-refractivity contribution is 6.34. The fourth-order valence-electron chi connectivity index (χ4n) is 1.72. The highest BCUT2D eigenvalue weighted by Crippen LogP contribution is 2.28. The molecule has 1 aromatic rings. The first-order valence-electron chi connectivity index (χ1n) is 5.33. The summed E-state index contributed by atoms with van der Waals surface area (Å²) in [5.41, 5.74) is 6.36. The Kier molecular flexibility index (Phi) is 5.25. The highest BCUT2D eigenvalue weighted by atomic mass is 35.5. The fraction of sp³-hybridized carbons (Fsp3) is 0.417. The minimum atomic E-state index is -0.868. The van der Waals surface area contributed by atoms with Gasteiger partial charge in [-0.2, -0.15) is 0 Å². The molecular formula is C12H15Cl2NO2. The van der Waals surface area contributed by atoms with E-state index in [1.165, 1.54) is 0 Å². The second-order valence-electron chi connectivity index (χ2n) is 4.11. The largest absolute Gasteiger partial charge is 0.481 e. The molecule has 0 heterocycles. The summed E-state index contributed by atoms with van der Waals surface area (Å²) in [6.07, 6.45) is 0.475. The van der Waals surface area contributed by atoms with Crippen molar-refractivity contribution in [3.8, 4) is 0 Å². The van der Waals surface area contributed by atoms with Crippen LogP contribution in [0.5, 0.6) is 0 Å². The molecule has 0 saturated carbocycles. The van der Waals surface area contributed by atoms with E-state index in [1.54, 1.807) is 18.2 Å². The lowest BCUT2D eigenvalue weighted by Crippen LogP contribution is -2.24. The predicted octanol–water partition coefficient (Wildman–Crippen LogP) is 3.15. The van der Waals surface area contributed by atoms with Crippen LogP contribution in [0, 0.1) is 5.92 Å². The lowest BCUT2D eigenvalue weighted by Gasteiger charge is -2.17. The summed E-state index contributed by atoms with van der Waals surface area (Å²) in [6, 6.07) is 5.25. The minimum Gasteiger partial charge on any atom is -0.481 e. The Hall–Kier alpha value is -0.770. The van der Waals surface area contributed by atoms with Gasteiger partial charge in [0.15, 0.2) is 0 Å². The Morgan fingerprint density at radius 2 is 1.88 bits per heavy atom. The second-order valence-corrected chi connectivity index (χ2v) is 4.98. The van der Waals surface area contributed by atoms with E-state index in [0.717, 1.165) is 5.56 Å². The number of carbonyl (C=O) groups is 1. The molecule has 94 valence electrons. The number of aliphatic carboxylic acids is 1. The predicted molar refractivity (Wildman–Crippen MR) is 69.7 cm³/mol. The zero-order valence-electron chi connectivity index (χ0n) is 9.49. The average molecular weight is 276 g/mol. The molecule has 0 aromatic heterocycles. The van der Waals surface area contributed by atoms with Crippen molar-refractivity contribution in [1.29, 1.82) is 0 Å². The van der Waals surface area contributed by atoms with Crippen molar-refractivity contribution in [2.45, 2.75) is 19.3 Å². The summed E-state index contributed by atoms with van der Waals surface area (Å²) < 4.78 is 0. The van der Waals surface area contributed by atoms with Gasteiger partial charge in [0.2, 0.25) is 0 Å². The van der Waals surface area contributed by atoms with Gasteiger partial charge in [-0.15, -0.1) is 0 Å². The van der Waals surface area contributed by atoms with Gasteiger partial charge >= 0.3 is 5.97 Å². The summed E-state index contributed by atoms with van der Waals surface area (Å²) in [5, 5.41) is 10.1. The lowest BCUT2D eigenvalue weighted by molar-refractivity contribution is -0.141. The van der Waals surface area contributed by atoms with Crippen molar-refractivity contribution < 1.29 is 9.90 Å². The van der Waals surface area contributed by atoms with Crippen molar-refractivity contribution in [3.63, 3.8) is 0 Å². The summed E-state index contributed by atoms with van der Waals surface area (Å²) in [7, 11) is 0. The van der Waals surface area contributed by atoms with E-state index in [4.69, 9.17) is 34.0 Å². The highest BCUT2D eigenvalue weighted by Gasteiger charge is 2.20. The molecule has 0 aliphatic carbocycles. The molecule has 2 atom stereocenters. The zero-order valence-corrected chi connectivity index (χ0v) is 11.0. The molecule has 0 bridgehead atoms. The second kappa shape index (κ2) is 6.24. The van der Waals surface area contributed by atoms with Crippen LogP contribution in [0.1, 0.15) is 24.8 Å². The normalized spacial score (nSPS) is 14.4. The van der Waals surface area contributed by atoms with Crippen LogP contribution in [0.3, 0.4) is 0 Å². The van der Waals surface area contributed by atoms with Crippen molar-refractivity contribution in [1.82, 2.24) is 0 Å². The van der Waals surface area contributed by atoms with E-state index < -0.39 is 11.9 Å². The van der Waals surface area contributed by atoms with E-state index in [2.05, 4.69) is 0 Å². The third kappa shape index (κ3) is 4.19. The van der Waals surface area contributed by atoms with Gasteiger partial charge in [0.25, 0.3) is 0 Å². The molecule has 0 aliphatic rings. The Morgan fingerprint density at radius 1 is 1.35 bits per heavy atom. The molecule has 3 N–H and O–H groups in total. The average Bonchev–Trinajstić information content (AvgIpc) is 2.23. The summed E-state index contributed by atoms with van der Waals surface area (Å²) in [5.74, 6) is -1.36. The molecule has 5 heteroatoms. The van der Waals surface area contributed by atoms with Crippen LogP contribution >= 0.6 is 23.2 Å². The van der Waals surface area contributed by atoms with Crippen LogP contribution in [0.15, 0.2) is 18.2 Å². The first-order chi connectivity index (χ1) is 7.93. The standard InChI is InChI=1S/C12H15Cl2NO2/c1-7(2-9(6-15)12(16)17)8-3-10(13)5-11(14)4-8/h3-5,7,9H,2,6,15H2,1H3,(H,16,17). The molecule has 0 spiro atoms. The fourth-order valence-corrected chi connectivity index (χ4v) is 2.26. The van der Waals surface area contributed by atoms with Crippen LogP contribution in [0.2, 0.25) is 10.0 Å². The number of carboxylic acid groups (broad SMARTS) is 1. The van der Waals surface area contributed by atoms with E-state index in [0.29, 0.717) is 16.5 Å². The first kappa shape index (κ1) is 14.3. The molecule has 17 heavy (non-hydrogen) atoms. The van der Waals surface area contributed by atoms with Gasteiger partial charge in [-0.3, -0.25) is 4.79 Å².